The lowest BCUT2D eigenvalue weighted by atomic mass is 9.91. The predicted octanol–water partition coefficient (Wildman–Crippen LogP) is 1.79. The molecule has 14 nitrogen and oxygen atoms in total. The molecule has 0 radical (unpaired) electrons. The standard InChI is InChI=1S/C34H44N10O4/c1-23-27(19-43-21-29(15-39-43)41-33(47)17-35-11-13-37-25(3)45)7-5-9-31(23)32-10-6-8-28(24(32)2)20-44-22-30(16-40-44)42-34(48)18-36-12-14-38-26(4)46/h5-10,15-16,21-22,35-36H,11-14,17-20H2,1-4H3,(H,37,45)(H,38,46)(H,41,47)(H,42,48). The van der Waals surface area contributed by atoms with Crippen molar-refractivity contribution in [2.24, 2.45) is 0 Å². The molecule has 4 rings (SSSR count). The summed E-state index contributed by atoms with van der Waals surface area (Å²) in [6.45, 7) is 10.4. The van der Waals surface area contributed by atoms with Crippen LogP contribution in [0.15, 0.2) is 61.2 Å². The molecule has 0 bridgehead atoms. The van der Waals surface area contributed by atoms with Gasteiger partial charge in [-0.2, -0.15) is 10.2 Å². The number of aromatic nitrogens is 4. The van der Waals surface area contributed by atoms with Gasteiger partial charge in [-0.25, -0.2) is 0 Å². The average Bonchev–Trinajstić information content (AvgIpc) is 3.67. The molecule has 48 heavy (non-hydrogen) atoms. The Hall–Kier alpha value is -5.34. The number of hydrogen-bond donors (Lipinski definition) is 6. The van der Waals surface area contributed by atoms with E-state index in [-0.39, 0.29) is 36.7 Å². The smallest absolute Gasteiger partial charge is 0.238 e. The third-order valence-corrected chi connectivity index (χ3v) is 7.60. The number of nitrogens with one attached hydrogen (secondary N) is 6. The zero-order chi connectivity index (χ0) is 34.5. The summed E-state index contributed by atoms with van der Waals surface area (Å²) in [5.41, 5.74) is 7.95. The van der Waals surface area contributed by atoms with Crippen LogP contribution in [0.3, 0.4) is 0 Å². The van der Waals surface area contributed by atoms with Crippen molar-refractivity contribution >= 4 is 35.0 Å². The van der Waals surface area contributed by atoms with Gasteiger partial charge in [-0.15, -0.1) is 0 Å². The number of carbonyl (C=O) groups excluding carboxylic acids is 4. The number of anilines is 2. The van der Waals surface area contributed by atoms with Crippen LogP contribution in [0, 0.1) is 13.8 Å². The molecular weight excluding hydrogens is 612 g/mol. The zero-order valence-electron chi connectivity index (χ0n) is 27.9. The Bertz CT molecular complexity index is 1600. The summed E-state index contributed by atoms with van der Waals surface area (Å²) in [5, 5.41) is 25.9. The Kier molecular flexibility index (Phi) is 13.0. The number of rotatable bonds is 17. The van der Waals surface area contributed by atoms with Gasteiger partial charge >= 0.3 is 0 Å². The van der Waals surface area contributed by atoms with Gasteiger partial charge in [-0.1, -0.05) is 36.4 Å². The fraction of sp³-hybridized carbons (Fsp3) is 0.353. The van der Waals surface area contributed by atoms with Crippen LogP contribution < -0.4 is 31.9 Å². The summed E-state index contributed by atoms with van der Waals surface area (Å²) >= 11 is 0. The third kappa shape index (κ3) is 10.9. The summed E-state index contributed by atoms with van der Waals surface area (Å²) in [6.07, 6.45) is 6.86. The second-order valence-electron chi connectivity index (χ2n) is 11.4. The van der Waals surface area contributed by atoms with Crippen molar-refractivity contribution in [1.29, 1.82) is 0 Å². The van der Waals surface area contributed by atoms with E-state index in [1.54, 1.807) is 34.2 Å². The average molecular weight is 657 g/mol. The third-order valence-electron chi connectivity index (χ3n) is 7.60. The molecule has 2 aromatic carbocycles. The summed E-state index contributed by atoms with van der Waals surface area (Å²) in [4.78, 5) is 46.5. The number of carbonyl (C=O) groups is 4. The van der Waals surface area contributed by atoms with Gasteiger partial charge in [-0.3, -0.25) is 28.5 Å². The number of nitrogens with zero attached hydrogens (tertiary/aromatic N) is 4. The molecule has 0 aliphatic heterocycles. The summed E-state index contributed by atoms with van der Waals surface area (Å²) < 4.78 is 3.59. The minimum absolute atomic E-state index is 0.106. The fourth-order valence-corrected chi connectivity index (χ4v) is 5.14. The van der Waals surface area contributed by atoms with E-state index in [4.69, 9.17) is 0 Å². The molecule has 14 heteroatoms. The first-order chi connectivity index (χ1) is 23.1. The molecule has 4 amide bonds. The Balaban J connectivity index is 1.34. The van der Waals surface area contributed by atoms with Crippen LogP contribution >= 0.6 is 0 Å². The lowest BCUT2D eigenvalue weighted by Crippen LogP contribution is -2.34. The van der Waals surface area contributed by atoms with Crippen molar-refractivity contribution in [3.63, 3.8) is 0 Å². The molecule has 2 aromatic heterocycles. The molecule has 0 saturated carbocycles. The van der Waals surface area contributed by atoms with E-state index >= 15 is 0 Å². The van der Waals surface area contributed by atoms with Crippen LogP contribution in [0.1, 0.15) is 36.1 Å². The molecule has 0 aliphatic rings. The lowest BCUT2D eigenvalue weighted by molar-refractivity contribution is -0.119. The van der Waals surface area contributed by atoms with Crippen LogP contribution in [0.25, 0.3) is 11.1 Å². The van der Waals surface area contributed by atoms with Gasteiger partial charge in [0.05, 0.1) is 49.9 Å². The van der Waals surface area contributed by atoms with Gasteiger partial charge in [0.2, 0.25) is 23.6 Å². The monoisotopic (exact) mass is 656 g/mol. The molecule has 6 N–H and O–H groups in total. The zero-order valence-corrected chi connectivity index (χ0v) is 27.9. The van der Waals surface area contributed by atoms with E-state index in [0.717, 1.165) is 33.4 Å². The summed E-state index contributed by atoms with van der Waals surface area (Å²) in [5.74, 6) is -0.590. The van der Waals surface area contributed by atoms with Crippen molar-refractivity contribution in [3.05, 3.63) is 83.4 Å². The molecular formula is C34H44N10O4. The molecule has 0 saturated heterocycles. The van der Waals surface area contributed by atoms with Crippen LogP contribution in [0.5, 0.6) is 0 Å². The SMILES string of the molecule is CC(=O)NCCNCC(=O)Nc1cnn(Cc2cccc(-c3cccc(Cn4cc(NC(=O)CNCCNC(C)=O)cn4)c3C)c2C)c1. The molecule has 2 heterocycles. The van der Waals surface area contributed by atoms with E-state index in [9.17, 15) is 19.2 Å². The van der Waals surface area contributed by atoms with Crippen molar-refractivity contribution in [1.82, 2.24) is 40.8 Å². The summed E-state index contributed by atoms with van der Waals surface area (Å²) in [7, 11) is 0. The van der Waals surface area contributed by atoms with E-state index < -0.39 is 0 Å². The Morgan fingerprint density at radius 3 is 1.44 bits per heavy atom. The molecule has 0 aliphatic carbocycles. The van der Waals surface area contributed by atoms with Crippen molar-refractivity contribution in [2.75, 3.05) is 49.9 Å². The maximum atomic E-state index is 12.3. The van der Waals surface area contributed by atoms with E-state index in [0.29, 0.717) is 50.6 Å². The molecule has 254 valence electrons. The first-order valence-corrected chi connectivity index (χ1v) is 15.8. The van der Waals surface area contributed by atoms with Crippen molar-refractivity contribution < 1.29 is 19.2 Å². The Labute approximate surface area is 280 Å². The lowest BCUT2D eigenvalue weighted by Gasteiger charge is -2.16. The van der Waals surface area contributed by atoms with Crippen molar-refractivity contribution in [3.8, 4) is 11.1 Å². The predicted molar refractivity (Wildman–Crippen MR) is 184 cm³/mol. The van der Waals surface area contributed by atoms with Crippen LogP contribution in [0.4, 0.5) is 11.4 Å². The molecule has 0 spiro atoms. The Morgan fingerprint density at radius 1 is 0.625 bits per heavy atom. The topological polar surface area (TPSA) is 176 Å². The number of amides is 4. The van der Waals surface area contributed by atoms with E-state index in [1.807, 2.05) is 12.1 Å². The van der Waals surface area contributed by atoms with Crippen LogP contribution in [0.2, 0.25) is 0 Å². The highest BCUT2D eigenvalue weighted by Gasteiger charge is 2.13. The second-order valence-corrected chi connectivity index (χ2v) is 11.4. The van der Waals surface area contributed by atoms with Crippen LogP contribution in [-0.2, 0) is 32.3 Å². The summed E-state index contributed by atoms with van der Waals surface area (Å²) in [6, 6.07) is 12.5. The number of hydrogen-bond acceptors (Lipinski definition) is 8. The minimum Gasteiger partial charge on any atom is -0.355 e. The van der Waals surface area contributed by atoms with Gasteiger partial charge in [0.25, 0.3) is 0 Å². The fourth-order valence-electron chi connectivity index (χ4n) is 5.14. The van der Waals surface area contributed by atoms with Gasteiger partial charge in [0.15, 0.2) is 0 Å². The van der Waals surface area contributed by atoms with Gasteiger partial charge in [-0.05, 0) is 47.2 Å². The highest BCUT2D eigenvalue weighted by atomic mass is 16.2. The van der Waals surface area contributed by atoms with Crippen LogP contribution in [-0.4, -0.2) is 82.5 Å². The number of benzene rings is 2. The largest absolute Gasteiger partial charge is 0.355 e. The first kappa shape index (κ1) is 35.5. The Morgan fingerprint density at radius 2 is 1.04 bits per heavy atom. The molecule has 0 fully saturated rings. The molecule has 0 unspecified atom stereocenters. The maximum absolute atomic E-state index is 12.3. The van der Waals surface area contributed by atoms with Gasteiger partial charge in [0, 0.05) is 52.4 Å². The highest BCUT2D eigenvalue weighted by molar-refractivity contribution is 5.92. The van der Waals surface area contributed by atoms with Crippen molar-refractivity contribution in [2.45, 2.75) is 40.8 Å². The molecule has 0 atom stereocenters. The normalized spacial score (nSPS) is 10.8. The second kappa shape index (κ2) is 17.5. The maximum Gasteiger partial charge on any atom is 0.238 e. The first-order valence-electron chi connectivity index (χ1n) is 15.8. The minimum atomic E-state index is -0.189. The quantitative estimate of drug-likeness (QED) is 0.0933. The van der Waals surface area contributed by atoms with E-state index in [2.05, 4.69) is 80.2 Å². The highest BCUT2D eigenvalue weighted by Crippen LogP contribution is 2.31. The molecule has 4 aromatic rings. The van der Waals surface area contributed by atoms with Gasteiger partial charge < -0.3 is 31.9 Å². The van der Waals surface area contributed by atoms with E-state index in [1.165, 1.54) is 13.8 Å². The van der Waals surface area contributed by atoms with Gasteiger partial charge in [0.1, 0.15) is 0 Å².